The first-order chi connectivity index (χ1) is 8.33. The van der Waals surface area contributed by atoms with E-state index in [1.807, 2.05) is 11.5 Å². The molecular weight excluding hydrogens is 218 g/mol. The third kappa shape index (κ3) is 2.69. The first-order valence-corrected chi connectivity index (χ1v) is 5.36. The van der Waals surface area contributed by atoms with E-state index >= 15 is 0 Å². The number of aldehydes is 1. The first kappa shape index (κ1) is 11.3. The van der Waals surface area contributed by atoms with Crippen molar-refractivity contribution in [3.63, 3.8) is 0 Å². The van der Waals surface area contributed by atoms with Gasteiger partial charge in [-0.25, -0.2) is 9.97 Å². The Balaban J connectivity index is 1.99. The molecule has 2 heterocycles. The van der Waals surface area contributed by atoms with Crippen molar-refractivity contribution in [2.45, 2.75) is 20.1 Å². The highest BCUT2D eigenvalue weighted by atomic mass is 16.5. The summed E-state index contributed by atoms with van der Waals surface area (Å²) in [5.74, 6) is 0.638. The smallest absolute Gasteiger partial charge is 0.168 e. The zero-order valence-corrected chi connectivity index (χ0v) is 9.54. The van der Waals surface area contributed by atoms with Gasteiger partial charge in [-0.15, -0.1) is 0 Å². The van der Waals surface area contributed by atoms with Crippen molar-refractivity contribution in [2.24, 2.45) is 0 Å². The first-order valence-electron chi connectivity index (χ1n) is 5.36. The summed E-state index contributed by atoms with van der Waals surface area (Å²) in [6.07, 6.45) is 5.79. The Hall–Kier alpha value is -2.17. The van der Waals surface area contributed by atoms with E-state index in [9.17, 15) is 4.79 Å². The molecule has 0 aliphatic heterocycles. The zero-order chi connectivity index (χ0) is 12.1. The molecule has 0 N–H and O–H groups in total. The second-order valence-corrected chi connectivity index (χ2v) is 3.50. The van der Waals surface area contributed by atoms with Crippen molar-refractivity contribution in [2.75, 3.05) is 0 Å². The van der Waals surface area contributed by atoms with Gasteiger partial charge in [0.05, 0.1) is 24.4 Å². The summed E-state index contributed by atoms with van der Waals surface area (Å²) in [4.78, 5) is 18.4. The minimum atomic E-state index is 0.399. The molecule has 0 saturated heterocycles. The maximum atomic E-state index is 10.4. The molecule has 5 nitrogen and oxygen atoms in total. The van der Waals surface area contributed by atoms with Gasteiger partial charge in [-0.1, -0.05) is 0 Å². The standard InChI is InChI=1S/C12H13N3O2/c1-2-15-9-13-5-11(15)8-17-12-4-3-10(7-16)14-6-12/h3-7,9H,2,8H2,1H3. The Morgan fingerprint density at radius 2 is 2.29 bits per heavy atom. The van der Waals surface area contributed by atoms with Gasteiger partial charge in [-0.2, -0.15) is 0 Å². The van der Waals surface area contributed by atoms with Crippen LogP contribution >= 0.6 is 0 Å². The fraction of sp³-hybridized carbons (Fsp3) is 0.250. The van der Waals surface area contributed by atoms with E-state index in [1.165, 1.54) is 6.20 Å². The number of carbonyl (C=O) groups excluding carboxylic acids is 1. The molecule has 17 heavy (non-hydrogen) atoms. The molecule has 0 fully saturated rings. The van der Waals surface area contributed by atoms with Gasteiger partial charge in [0, 0.05) is 6.54 Å². The molecule has 2 aromatic rings. The predicted octanol–water partition coefficient (Wildman–Crippen LogP) is 1.69. The van der Waals surface area contributed by atoms with Crippen LogP contribution in [0.25, 0.3) is 0 Å². The lowest BCUT2D eigenvalue weighted by Crippen LogP contribution is -2.03. The quantitative estimate of drug-likeness (QED) is 0.735. The molecule has 0 atom stereocenters. The third-order valence-corrected chi connectivity index (χ3v) is 2.41. The van der Waals surface area contributed by atoms with Crippen LogP contribution in [0.5, 0.6) is 5.75 Å². The SMILES string of the molecule is CCn1cncc1COc1ccc(C=O)nc1. The van der Waals surface area contributed by atoms with Gasteiger partial charge < -0.3 is 9.30 Å². The second-order valence-electron chi connectivity index (χ2n) is 3.50. The van der Waals surface area contributed by atoms with Crippen molar-refractivity contribution in [3.05, 3.63) is 42.2 Å². The molecule has 0 bridgehead atoms. The summed E-state index contributed by atoms with van der Waals surface area (Å²) in [5.41, 5.74) is 1.41. The van der Waals surface area contributed by atoms with Crippen LogP contribution in [0, 0.1) is 0 Å². The van der Waals surface area contributed by atoms with E-state index in [0.29, 0.717) is 24.3 Å². The van der Waals surface area contributed by atoms with Crippen LogP contribution in [-0.2, 0) is 13.2 Å². The Kier molecular flexibility index (Phi) is 3.49. The van der Waals surface area contributed by atoms with Crippen LogP contribution in [-0.4, -0.2) is 20.8 Å². The molecule has 0 amide bonds. The number of aryl methyl sites for hydroxylation is 1. The number of rotatable bonds is 5. The fourth-order valence-electron chi connectivity index (χ4n) is 1.46. The summed E-state index contributed by atoms with van der Waals surface area (Å²) in [7, 11) is 0. The number of ether oxygens (including phenoxy) is 1. The van der Waals surface area contributed by atoms with Crippen molar-refractivity contribution in [3.8, 4) is 5.75 Å². The van der Waals surface area contributed by atoms with Gasteiger partial charge in [-0.3, -0.25) is 4.79 Å². The molecule has 0 spiro atoms. The maximum absolute atomic E-state index is 10.4. The third-order valence-electron chi connectivity index (χ3n) is 2.41. The lowest BCUT2D eigenvalue weighted by atomic mass is 10.3. The van der Waals surface area contributed by atoms with Crippen LogP contribution < -0.4 is 4.74 Å². The fourth-order valence-corrected chi connectivity index (χ4v) is 1.46. The Labute approximate surface area is 99.1 Å². The molecule has 0 unspecified atom stereocenters. The molecule has 0 aromatic carbocycles. The van der Waals surface area contributed by atoms with E-state index in [1.54, 1.807) is 24.7 Å². The van der Waals surface area contributed by atoms with Crippen molar-refractivity contribution in [1.29, 1.82) is 0 Å². The van der Waals surface area contributed by atoms with E-state index in [4.69, 9.17) is 4.74 Å². The van der Waals surface area contributed by atoms with Crippen LogP contribution in [0.4, 0.5) is 0 Å². The van der Waals surface area contributed by atoms with Crippen molar-refractivity contribution < 1.29 is 9.53 Å². The lowest BCUT2D eigenvalue weighted by molar-refractivity contribution is 0.111. The van der Waals surface area contributed by atoms with E-state index in [0.717, 1.165) is 12.2 Å². The van der Waals surface area contributed by atoms with Crippen LogP contribution in [0.1, 0.15) is 23.1 Å². The topological polar surface area (TPSA) is 57.0 Å². The predicted molar refractivity (Wildman–Crippen MR) is 61.9 cm³/mol. The summed E-state index contributed by atoms with van der Waals surface area (Å²) in [6, 6.07) is 3.35. The maximum Gasteiger partial charge on any atom is 0.168 e. The zero-order valence-electron chi connectivity index (χ0n) is 9.54. The van der Waals surface area contributed by atoms with Gasteiger partial charge in [-0.05, 0) is 19.1 Å². The minimum Gasteiger partial charge on any atom is -0.486 e. The molecule has 5 heteroatoms. The van der Waals surface area contributed by atoms with Crippen LogP contribution in [0.15, 0.2) is 30.9 Å². The van der Waals surface area contributed by atoms with Gasteiger partial charge in [0.1, 0.15) is 18.1 Å². The molecule has 88 valence electrons. The number of nitrogens with zero attached hydrogens (tertiary/aromatic N) is 3. The van der Waals surface area contributed by atoms with Gasteiger partial charge in [0.15, 0.2) is 6.29 Å². The Morgan fingerprint density at radius 1 is 1.41 bits per heavy atom. The molecule has 0 aliphatic rings. The summed E-state index contributed by atoms with van der Waals surface area (Å²) in [6.45, 7) is 3.35. The average Bonchev–Trinajstić information content (AvgIpc) is 2.84. The summed E-state index contributed by atoms with van der Waals surface area (Å²) in [5, 5.41) is 0. The highest BCUT2D eigenvalue weighted by molar-refractivity contribution is 5.71. The van der Waals surface area contributed by atoms with Gasteiger partial charge in [0.2, 0.25) is 0 Å². The molecule has 0 saturated carbocycles. The Morgan fingerprint density at radius 3 is 2.94 bits per heavy atom. The van der Waals surface area contributed by atoms with Gasteiger partial charge >= 0.3 is 0 Å². The molecule has 2 aromatic heterocycles. The Bertz CT molecular complexity index is 491. The van der Waals surface area contributed by atoms with Gasteiger partial charge in [0.25, 0.3) is 0 Å². The molecule has 2 rings (SSSR count). The average molecular weight is 231 g/mol. The number of hydrogen-bond acceptors (Lipinski definition) is 4. The van der Waals surface area contributed by atoms with Crippen LogP contribution in [0.2, 0.25) is 0 Å². The highest BCUT2D eigenvalue weighted by Gasteiger charge is 2.02. The van der Waals surface area contributed by atoms with E-state index < -0.39 is 0 Å². The number of aromatic nitrogens is 3. The number of carbonyl (C=O) groups is 1. The largest absolute Gasteiger partial charge is 0.486 e. The molecule has 0 aliphatic carbocycles. The monoisotopic (exact) mass is 231 g/mol. The van der Waals surface area contributed by atoms with Crippen molar-refractivity contribution in [1.82, 2.24) is 14.5 Å². The number of imidazole rings is 1. The second kappa shape index (κ2) is 5.25. The number of pyridine rings is 1. The minimum absolute atomic E-state index is 0.399. The molecule has 0 radical (unpaired) electrons. The lowest BCUT2D eigenvalue weighted by Gasteiger charge is -2.07. The van der Waals surface area contributed by atoms with E-state index in [-0.39, 0.29) is 0 Å². The highest BCUT2D eigenvalue weighted by Crippen LogP contribution is 2.11. The normalized spacial score (nSPS) is 10.2. The van der Waals surface area contributed by atoms with E-state index in [2.05, 4.69) is 9.97 Å². The van der Waals surface area contributed by atoms with Crippen LogP contribution in [0.3, 0.4) is 0 Å². The molecular formula is C12H13N3O2. The number of hydrogen-bond donors (Lipinski definition) is 0. The summed E-state index contributed by atoms with van der Waals surface area (Å²) < 4.78 is 7.56. The van der Waals surface area contributed by atoms with Crippen molar-refractivity contribution >= 4 is 6.29 Å². The summed E-state index contributed by atoms with van der Waals surface area (Å²) >= 11 is 0.